The third kappa shape index (κ3) is 93.0. The monoisotopic (exact) mass is 1770 g/mol. The molecule has 1 unspecified atom stereocenters. The standard InChI is InChI=1S/C9H18O.C8H15NO2.C8H17NO.3C8H14O2.2C8H16O2.C8H16O.C7H14O2.2C6H12O2.C5H10O2.CH4/c1-7(2)6-8(10)9(3,4)5;1-6(2)8(10)11-7-4-9(3)5-7;1-6(2)8(10)9(5)7(3)4;1-6(2)8(9)10-5-7-3-4-7;2*1-6(2)8(9)10-7-4-3-5-7;1-6(2)5-10-8(9)7(3)4;1-5-7(4)10-8(9)6(2)3;1-6(2)5-8(9)7(3)4;1-5(2)7(8)9-6(3)4;2*1-4-8-6(7)5(2)3;1-4(2)5(6)7-3;/h7H,6H2,1-5H3;6-7H,4-5H2,1-3H3;6-7H,1-5H3;3*6-7H,3-5H2,1-2H3;2*6-7H,5H2,1-4H3;6-7H,5H2,1-4H3;5-6H,1-4H3;2*5H,4H2,1-3H3;4H,1-3H3;1H4. The van der Waals surface area contributed by atoms with Gasteiger partial charge in [-0.05, 0) is 137 Å². The molecule has 0 N–H and O–H groups in total. The lowest BCUT2D eigenvalue weighted by atomic mass is 9.86. The Hall–Kier alpha value is -6.53. The molecule has 1 aliphatic heterocycles. The van der Waals surface area contributed by atoms with Gasteiger partial charge in [0.2, 0.25) is 5.91 Å². The van der Waals surface area contributed by atoms with Gasteiger partial charge in [0.25, 0.3) is 0 Å². The van der Waals surface area contributed by atoms with Crippen LogP contribution in [-0.2, 0) is 110 Å². The number of esters is 10. The van der Waals surface area contributed by atoms with E-state index in [4.69, 9.17) is 33.2 Å². The number of amides is 1. The Morgan fingerprint density at radius 2 is 0.675 bits per heavy atom. The van der Waals surface area contributed by atoms with Crippen LogP contribution in [0.5, 0.6) is 0 Å². The highest BCUT2D eigenvalue weighted by molar-refractivity contribution is 5.84. The summed E-state index contributed by atoms with van der Waals surface area (Å²) in [6.07, 6.45) is 12.2. The fourth-order valence-electron chi connectivity index (χ4n) is 7.28. The van der Waals surface area contributed by atoms with Crippen molar-refractivity contribution in [2.24, 2.45) is 100 Å². The molecular weight excluding hydrogens is 1570 g/mol. The molecule has 3 saturated carbocycles. The lowest BCUT2D eigenvalue weighted by Crippen LogP contribution is -2.50. The molecular formula is C98H192N2O23. The van der Waals surface area contributed by atoms with Crippen LogP contribution in [0.15, 0.2) is 0 Å². The molecule has 123 heavy (non-hydrogen) atoms. The molecule has 0 aromatic carbocycles. The summed E-state index contributed by atoms with van der Waals surface area (Å²) in [7, 11) is 5.25. The van der Waals surface area contributed by atoms with Gasteiger partial charge in [0.05, 0.1) is 105 Å². The van der Waals surface area contributed by atoms with Gasteiger partial charge < -0.3 is 52.3 Å². The quantitative estimate of drug-likeness (QED) is 0.0496. The minimum atomic E-state index is -0.153. The zero-order valence-electron chi connectivity index (χ0n) is 86.0. The molecule has 1 amide bonds. The maximum absolute atomic E-state index is 11.3. The second-order valence-corrected chi connectivity index (χ2v) is 37.8. The number of ether oxygens (including phenoxy) is 10. The third-order valence-corrected chi connectivity index (χ3v) is 16.7. The van der Waals surface area contributed by atoms with Crippen LogP contribution in [0, 0.1) is 100 Å². The molecule has 3 aliphatic carbocycles. The van der Waals surface area contributed by atoms with Crippen LogP contribution in [0.3, 0.4) is 0 Å². The van der Waals surface area contributed by atoms with E-state index in [2.05, 4.69) is 46.8 Å². The van der Waals surface area contributed by atoms with Crippen LogP contribution in [0.1, 0.15) is 362 Å². The molecule has 4 rings (SSSR count). The van der Waals surface area contributed by atoms with Crippen molar-refractivity contribution in [2.45, 2.75) is 398 Å². The predicted octanol–water partition coefficient (Wildman–Crippen LogP) is 21.3. The molecule has 0 bridgehead atoms. The molecule has 0 radical (unpaired) electrons. The summed E-state index contributed by atoms with van der Waals surface area (Å²) in [5.41, 5.74) is -0.149. The summed E-state index contributed by atoms with van der Waals surface area (Å²) in [5.74, 6) is 2.55. The van der Waals surface area contributed by atoms with Crippen molar-refractivity contribution < 1.29 is 110 Å². The number of carbonyl (C=O) groups is 13. The van der Waals surface area contributed by atoms with E-state index in [9.17, 15) is 62.3 Å². The molecule has 4 fully saturated rings. The third-order valence-electron chi connectivity index (χ3n) is 16.7. The second kappa shape index (κ2) is 80.1. The van der Waals surface area contributed by atoms with E-state index in [1.807, 2.05) is 243 Å². The molecule has 0 aromatic rings. The molecule has 1 saturated heterocycles. The van der Waals surface area contributed by atoms with Gasteiger partial charge in [-0.25, -0.2) is 0 Å². The first-order chi connectivity index (χ1) is 55.7. The maximum Gasteiger partial charge on any atom is 0.308 e. The van der Waals surface area contributed by atoms with E-state index in [-0.39, 0.29) is 180 Å². The number of Topliss-reactive ketones (excluding diaryl/α,β-unsaturated/α-hetero) is 2. The molecule has 25 nitrogen and oxygen atoms in total. The number of rotatable bonds is 29. The maximum atomic E-state index is 11.3. The van der Waals surface area contributed by atoms with Crippen LogP contribution in [-0.4, -0.2) is 184 Å². The van der Waals surface area contributed by atoms with Crippen molar-refractivity contribution in [1.29, 1.82) is 0 Å². The van der Waals surface area contributed by atoms with Gasteiger partial charge in [0.15, 0.2) is 0 Å². The topological polar surface area (TPSA) is 321 Å². The summed E-state index contributed by atoms with van der Waals surface area (Å²) in [6, 6.07) is 0.315. The number of methoxy groups -OCH3 is 1. The molecule has 1 heterocycles. The van der Waals surface area contributed by atoms with E-state index >= 15 is 0 Å². The first-order valence-corrected chi connectivity index (χ1v) is 45.5. The number of carbonyl (C=O) groups excluding carboxylic acids is 13. The van der Waals surface area contributed by atoms with Crippen molar-refractivity contribution >= 4 is 77.2 Å². The van der Waals surface area contributed by atoms with E-state index in [1.165, 1.54) is 32.8 Å². The number of likely N-dealkylation sites (tertiary alicyclic amines) is 1. The van der Waals surface area contributed by atoms with Crippen LogP contribution in [0.25, 0.3) is 0 Å². The Bertz CT molecular complexity index is 2600. The zero-order chi connectivity index (χ0) is 98.0. The summed E-state index contributed by atoms with van der Waals surface area (Å²) in [4.78, 5) is 145. The van der Waals surface area contributed by atoms with Crippen LogP contribution in [0.4, 0.5) is 0 Å². The van der Waals surface area contributed by atoms with Gasteiger partial charge in [-0.3, -0.25) is 67.2 Å². The van der Waals surface area contributed by atoms with Crippen molar-refractivity contribution in [1.82, 2.24) is 9.80 Å². The highest BCUT2D eigenvalue weighted by Gasteiger charge is 2.29. The normalized spacial score (nSPS) is 13.4. The number of ketones is 2. The van der Waals surface area contributed by atoms with Crippen LogP contribution >= 0.6 is 0 Å². The summed E-state index contributed by atoms with van der Waals surface area (Å²) < 4.78 is 48.9. The van der Waals surface area contributed by atoms with E-state index < -0.39 is 0 Å². The van der Waals surface area contributed by atoms with E-state index in [0.717, 1.165) is 51.6 Å². The highest BCUT2D eigenvalue weighted by Crippen LogP contribution is 2.29. The molecule has 25 heteroatoms. The number of likely N-dealkylation sites (N-methyl/N-ethyl adjacent to an activating group) is 1. The van der Waals surface area contributed by atoms with Gasteiger partial charge in [0, 0.05) is 56.3 Å². The average molecular weight is 1770 g/mol. The van der Waals surface area contributed by atoms with Crippen molar-refractivity contribution in [3.8, 4) is 0 Å². The fraction of sp³-hybridized carbons (Fsp3) is 0.867. The fourth-order valence-corrected chi connectivity index (χ4v) is 7.28. The Morgan fingerprint density at radius 1 is 0.366 bits per heavy atom. The van der Waals surface area contributed by atoms with Crippen LogP contribution < -0.4 is 0 Å². The molecule has 0 spiro atoms. The molecule has 0 aromatic heterocycles. The van der Waals surface area contributed by atoms with Gasteiger partial charge >= 0.3 is 59.7 Å². The van der Waals surface area contributed by atoms with Gasteiger partial charge in [0.1, 0.15) is 29.9 Å². The van der Waals surface area contributed by atoms with E-state index in [1.54, 1.807) is 32.6 Å². The smallest absolute Gasteiger partial charge is 0.308 e. The minimum absolute atomic E-state index is 0. The second-order valence-electron chi connectivity index (χ2n) is 37.8. The van der Waals surface area contributed by atoms with Gasteiger partial charge in [-0.1, -0.05) is 243 Å². The number of nitrogens with zero attached hydrogens (tertiary/aromatic N) is 2. The minimum Gasteiger partial charge on any atom is -0.469 e. The molecule has 4 aliphatic rings. The summed E-state index contributed by atoms with van der Waals surface area (Å²) in [6.45, 7) is 81.9. The highest BCUT2D eigenvalue weighted by atomic mass is 16.6. The summed E-state index contributed by atoms with van der Waals surface area (Å²) in [5, 5.41) is 0. The Balaban J connectivity index is -0.000000141. The van der Waals surface area contributed by atoms with Gasteiger partial charge in [-0.2, -0.15) is 0 Å². The summed E-state index contributed by atoms with van der Waals surface area (Å²) >= 11 is 0. The lowest BCUT2D eigenvalue weighted by molar-refractivity contribution is -0.160. The molecule has 1 atom stereocenters. The lowest BCUT2D eigenvalue weighted by Gasteiger charge is -2.35. The number of hydrogen-bond acceptors (Lipinski definition) is 24. The van der Waals surface area contributed by atoms with Crippen molar-refractivity contribution in [3.05, 3.63) is 0 Å². The van der Waals surface area contributed by atoms with Crippen molar-refractivity contribution in [3.63, 3.8) is 0 Å². The average Bonchev–Trinajstić information content (AvgIpc) is 1.81. The Labute approximate surface area is 752 Å². The zero-order valence-corrected chi connectivity index (χ0v) is 86.0. The first kappa shape index (κ1) is 137. The Morgan fingerprint density at radius 3 is 0.846 bits per heavy atom. The predicted molar refractivity (Wildman–Crippen MR) is 498 cm³/mol. The van der Waals surface area contributed by atoms with Gasteiger partial charge in [-0.15, -0.1) is 0 Å². The SMILES string of the molecule is C.CC(C)C(=O)N(C)C(C)C.CC(C)C(=O)OC1CCC1.CC(C)C(=O)OC1CCC1.CC(C)C(=O)OC1CN(C)C1.CC(C)C(=O)OCC1CC1.CC(C)CC(=O)C(C)(C)C.CC(C)CC(=O)C(C)C.CC(C)COC(=O)C(C)C.CC(C)OC(=O)C(C)C.CCC(C)OC(=O)C(C)C.CCOC(=O)C(C)C.CCOC(=O)C(C)C.COC(=O)C(C)C. The van der Waals surface area contributed by atoms with Crippen molar-refractivity contribution in [2.75, 3.05) is 60.7 Å². The Kier molecular flexibility index (Phi) is 89.2. The van der Waals surface area contributed by atoms with E-state index in [0.29, 0.717) is 74.1 Å². The first-order valence-electron chi connectivity index (χ1n) is 45.5. The number of hydrogen-bond donors (Lipinski definition) is 0. The van der Waals surface area contributed by atoms with Crippen LogP contribution in [0.2, 0.25) is 0 Å². The largest absolute Gasteiger partial charge is 0.469 e. The molecule has 732 valence electrons.